The Morgan fingerprint density at radius 2 is 2.38 bits per heavy atom. The number of nitrogens with two attached hydrogens (primary N) is 1. The second-order valence-electron chi connectivity index (χ2n) is 2.19. The molecule has 0 aliphatic carbocycles. The van der Waals surface area contributed by atoms with Crippen LogP contribution >= 0.6 is 11.5 Å². The first-order valence-corrected chi connectivity index (χ1v) is 3.96. The lowest BCUT2D eigenvalue weighted by Crippen LogP contribution is -2.04. The zero-order valence-corrected chi connectivity index (χ0v) is 6.96. The topological polar surface area (TPSA) is 106 Å². The zero-order valence-electron chi connectivity index (χ0n) is 6.14. The van der Waals surface area contributed by atoms with Gasteiger partial charge in [-0.2, -0.15) is 5.26 Å². The minimum atomic E-state index is -0.666. The SMILES string of the molecule is N#Cc1c(N)oc(=O)c2nnsc12. The summed E-state index contributed by atoms with van der Waals surface area (Å²) in [4.78, 5) is 11.1. The number of rotatable bonds is 0. The molecule has 0 atom stereocenters. The highest BCUT2D eigenvalue weighted by molar-refractivity contribution is 7.13. The van der Waals surface area contributed by atoms with Crippen LogP contribution < -0.4 is 11.4 Å². The third-order valence-corrected chi connectivity index (χ3v) is 2.21. The van der Waals surface area contributed by atoms with E-state index in [9.17, 15) is 4.79 Å². The van der Waals surface area contributed by atoms with Crippen LogP contribution in [0.2, 0.25) is 0 Å². The summed E-state index contributed by atoms with van der Waals surface area (Å²) in [6.07, 6.45) is 0. The number of nitrogens with zero attached hydrogens (tertiary/aromatic N) is 3. The van der Waals surface area contributed by atoms with E-state index in [1.54, 1.807) is 0 Å². The summed E-state index contributed by atoms with van der Waals surface area (Å²) in [6.45, 7) is 0. The molecule has 0 radical (unpaired) electrons. The molecule has 6 nitrogen and oxygen atoms in total. The molecule has 0 aliphatic rings. The molecule has 0 aliphatic heterocycles. The summed E-state index contributed by atoms with van der Waals surface area (Å²) >= 11 is 0.943. The average molecular weight is 194 g/mol. The Balaban J connectivity index is 3.08. The number of nitriles is 1. The average Bonchev–Trinajstić information content (AvgIpc) is 2.53. The predicted octanol–water partition coefficient (Wildman–Crippen LogP) is 0.0984. The molecule has 0 unspecified atom stereocenters. The number of aromatic nitrogens is 2. The minimum absolute atomic E-state index is 0.0516. The molecular formula is C6H2N4O2S. The Hall–Kier alpha value is -1.94. The van der Waals surface area contributed by atoms with Gasteiger partial charge in [0, 0.05) is 0 Å². The fraction of sp³-hybridized carbons (Fsp3) is 0. The summed E-state index contributed by atoms with van der Waals surface area (Å²) < 4.78 is 8.48. The number of nitrogen functional groups attached to an aromatic ring is 1. The molecule has 0 fully saturated rings. The van der Waals surface area contributed by atoms with Gasteiger partial charge in [0.1, 0.15) is 16.3 Å². The van der Waals surface area contributed by atoms with E-state index in [4.69, 9.17) is 11.0 Å². The van der Waals surface area contributed by atoms with Gasteiger partial charge in [-0.15, -0.1) is 5.10 Å². The molecule has 0 spiro atoms. The van der Waals surface area contributed by atoms with E-state index in [0.29, 0.717) is 4.70 Å². The highest BCUT2D eigenvalue weighted by atomic mass is 32.1. The molecule has 64 valence electrons. The maximum atomic E-state index is 11.1. The number of anilines is 1. The molecule has 13 heavy (non-hydrogen) atoms. The molecule has 2 N–H and O–H groups in total. The van der Waals surface area contributed by atoms with E-state index in [0.717, 1.165) is 11.5 Å². The summed E-state index contributed by atoms with van der Waals surface area (Å²) in [7, 11) is 0. The van der Waals surface area contributed by atoms with E-state index >= 15 is 0 Å². The van der Waals surface area contributed by atoms with E-state index < -0.39 is 5.63 Å². The molecule has 0 amide bonds. The Labute approximate surface area is 75.4 Å². The molecule has 2 aromatic heterocycles. The van der Waals surface area contributed by atoms with E-state index in [2.05, 4.69) is 14.0 Å². The third kappa shape index (κ3) is 0.962. The molecule has 2 rings (SSSR count). The number of hydrogen-bond donors (Lipinski definition) is 1. The summed E-state index contributed by atoms with van der Waals surface area (Å²) in [5, 5.41) is 12.2. The number of hydrogen-bond acceptors (Lipinski definition) is 7. The van der Waals surface area contributed by atoms with Crippen LogP contribution in [-0.2, 0) is 0 Å². The number of fused-ring (bicyclic) bond motifs is 1. The van der Waals surface area contributed by atoms with Crippen molar-refractivity contribution in [2.24, 2.45) is 0 Å². The smallest absolute Gasteiger partial charge is 0.367 e. The quantitative estimate of drug-likeness (QED) is 0.637. The van der Waals surface area contributed by atoms with E-state index in [1.807, 2.05) is 6.07 Å². The van der Waals surface area contributed by atoms with Crippen LogP contribution in [0, 0.1) is 11.3 Å². The molecule has 2 aromatic rings. The highest BCUT2D eigenvalue weighted by Crippen LogP contribution is 2.21. The van der Waals surface area contributed by atoms with Crippen LogP contribution in [0.15, 0.2) is 9.21 Å². The van der Waals surface area contributed by atoms with Gasteiger partial charge in [-0.1, -0.05) is 4.49 Å². The van der Waals surface area contributed by atoms with Crippen molar-refractivity contribution in [1.82, 2.24) is 9.59 Å². The second kappa shape index (κ2) is 2.53. The maximum absolute atomic E-state index is 11.1. The fourth-order valence-corrected chi connectivity index (χ4v) is 1.56. The molecule has 0 saturated carbocycles. The third-order valence-electron chi connectivity index (χ3n) is 1.47. The molecule has 7 heteroatoms. The van der Waals surface area contributed by atoms with Gasteiger partial charge in [0.05, 0.1) is 0 Å². The van der Waals surface area contributed by atoms with Crippen LogP contribution in [0.3, 0.4) is 0 Å². The van der Waals surface area contributed by atoms with Gasteiger partial charge < -0.3 is 10.2 Å². The Morgan fingerprint density at radius 3 is 3.08 bits per heavy atom. The van der Waals surface area contributed by atoms with Crippen molar-refractivity contribution in [3.05, 3.63) is 16.0 Å². The van der Waals surface area contributed by atoms with Crippen molar-refractivity contribution >= 4 is 27.6 Å². The van der Waals surface area contributed by atoms with Crippen molar-refractivity contribution < 1.29 is 4.42 Å². The Bertz CT molecular complexity index is 564. The molecular weight excluding hydrogens is 192 g/mol. The van der Waals surface area contributed by atoms with Crippen LogP contribution in [-0.4, -0.2) is 9.59 Å². The van der Waals surface area contributed by atoms with E-state index in [1.165, 1.54) is 0 Å². The van der Waals surface area contributed by atoms with Crippen LogP contribution in [0.4, 0.5) is 5.88 Å². The van der Waals surface area contributed by atoms with Crippen molar-refractivity contribution in [1.29, 1.82) is 5.26 Å². The molecule has 0 saturated heterocycles. The first kappa shape index (κ1) is 7.70. The summed E-state index contributed by atoms with van der Waals surface area (Å²) in [5.74, 6) is -0.189. The molecule has 2 heterocycles. The van der Waals surface area contributed by atoms with Crippen molar-refractivity contribution in [2.75, 3.05) is 5.73 Å². The monoisotopic (exact) mass is 194 g/mol. The summed E-state index contributed by atoms with van der Waals surface area (Å²) in [6, 6.07) is 1.82. The van der Waals surface area contributed by atoms with Gasteiger partial charge in [0.25, 0.3) is 0 Å². The Kier molecular flexibility index (Phi) is 1.50. The lowest BCUT2D eigenvalue weighted by Gasteiger charge is -1.92. The van der Waals surface area contributed by atoms with Gasteiger partial charge in [0.2, 0.25) is 5.88 Å². The highest BCUT2D eigenvalue weighted by Gasteiger charge is 2.14. The van der Waals surface area contributed by atoms with Gasteiger partial charge in [0.15, 0.2) is 5.52 Å². The lowest BCUT2D eigenvalue weighted by molar-refractivity contribution is 0.537. The van der Waals surface area contributed by atoms with Crippen LogP contribution in [0.25, 0.3) is 10.2 Å². The van der Waals surface area contributed by atoms with Crippen molar-refractivity contribution in [3.63, 3.8) is 0 Å². The Morgan fingerprint density at radius 1 is 1.62 bits per heavy atom. The zero-order chi connectivity index (χ0) is 9.42. The standard InChI is InChI=1S/C6H2N4O2S/c7-1-2-4-3(9-10-13-4)6(11)12-5(2)8/h8H2. The van der Waals surface area contributed by atoms with Gasteiger partial charge in [-0.05, 0) is 11.5 Å². The predicted molar refractivity (Wildman–Crippen MR) is 45.1 cm³/mol. The van der Waals surface area contributed by atoms with Gasteiger partial charge >= 0.3 is 5.63 Å². The van der Waals surface area contributed by atoms with Crippen molar-refractivity contribution in [2.45, 2.75) is 0 Å². The van der Waals surface area contributed by atoms with Crippen molar-refractivity contribution in [3.8, 4) is 6.07 Å². The summed E-state index contributed by atoms with van der Waals surface area (Å²) in [5.41, 5.74) is 4.82. The maximum Gasteiger partial charge on any atom is 0.367 e. The normalized spacial score (nSPS) is 10.1. The minimum Gasteiger partial charge on any atom is -0.404 e. The molecule has 0 aromatic carbocycles. The van der Waals surface area contributed by atoms with Crippen LogP contribution in [0.5, 0.6) is 0 Å². The van der Waals surface area contributed by atoms with Gasteiger partial charge in [-0.3, -0.25) is 0 Å². The second-order valence-corrected chi connectivity index (χ2v) is 2.95. The van der Waals surface area contributed by atoms with Crippen LogP contribution in [0.1, 0.15) is 5.56 Å². The lowest BCUT2D eigenvalue weighted by atomic mass is 10.3. The molecule has 0 bridgehead atoms. The first-order valence-electron chi connectivity index (χ1n) is 3.18. The fourth-order valence-electron chi connectivity index (χ4n) is 0.905. The van der Waals surface area contributed by atoms with E-state index in [-0.39, 0.29) is 17.0 Å². The first-order chi connectivity index (χ1) is 6.24. The van der Waals surface area contributed by atoms with Gasteiger partial charge in [-0.25, -0.2) is 4.79 Å². The largest absolute Gasteiger partial charge is 0.404 e.